The largest absolute Gasteiger partial charge is 0.378 e. The van der Waals surface area contributed by atoms with Crippen LogP contribution in [0.2, 0.25) is 5.02 Å². The summed E-state index contributed by atoms with van der Waals surface area (Å²) in [6.07, 6.45) is 0.686. The number of nitrogens with zero attached hydrogens (tertiary/aromatic N) is 4. The van der Waals surface area contributed by atoms with Gasteiger partial charge in [-0.3, -0.25) is 19.8 Å². The van der Waals surface area contributed by atoms with Crippen molar-refractivity contribution in [2.24, 2.45) is 0 Å². The lowest BCUT2D eigenvalue weighted by Gasteiger charge is -2.36. The topological polar surface area (TPSA) is 128 Å². The third-order valence-electron chi connectivity index (χ3n) is 9.79. The van der Waals surface area contributed by atoms with E-state index in [9.17, 15) is 23.3 Å². The predicted molar refractivity (Wildman–Crippen MR) is 228 cm³/mol. The van der Waals surface area contributed by atoms with E-state index in [4.69, 9.17) is 11.6 Å². The molecule has 1 fully saturated rings. The van der Waals surface area contributed by atoms with Crippen LogP contribution in [0.3, 0.4) is 0 Å². The van der Waals surface area contributed by atoms with Crippen LogP contribution in [-0.4, -0.2) is 76.2 Å². The fourth-order valence-electron chi connectivity index (χ4n) is 6.51. The number of carbonyl (C=O) groups excluding carboxylic acids is 1. The van der Waals surface area contributed by atoms with E-state index in [0.717, 1.165) is 60.6 Å². The maximum absolute atomic E-state index is 13.3. The van der Waals surface area contributed by atoms with Gasteiger partial charge < -0.3 is 15.1 Å². The highest BCUT2D eigenvalue weighted by Crippen LogP contribution is 2.31. The van der Waals surface area contributed by atoms with Gasteiger partial charge in [0.25, 0.3) is 21.6 Å². The number of amides is 1. The molecule has 1 amide bonds. The minimum atomic E-state index is -4.42. The van der Waals surface area contributed by atoms with Gasteiger partial charge in [-0.05, 0) is 95.9 Å². The van der Waals surface area contributed by atoms with Crippen LogP contribution in [0.4, 0.5) is 22.7 Å². The van der Waals surface area contributed by atoms with E-state index in [1.54, 1.807) is 36.0 Å². The second-order valence-corrected chi connectivity index (χ2v) is 17.0. The third-order valence-corrected chi connectivity index (χ3v) is 12.5. The first-order chi connectivity index (χ1) is 26.9. The molecule has 1 aliphatic heterocycles. The average molecular weight is 813 g/mol. The van der Waals surface area contributed by atoms with E-state index in [0.29, 0.717) is 17.2 Å². The van der Waals surface area contributed by atoms with Crippen molar-refractivity contribution < 1.29 is 18.1 Å². The molecule has 1 heterocycles. The van der Waals surface area contributed by atoms with Crippen molar-refractivity contribution in [3.05, 3.63) is 142 Å². The molecule has 11 nitrogen and oxygen atoms in total. The first-order valence-electron chi connectivity index (χ1n) is 18.3. The van der Waals surface area contributed by atoms with E-state index in [2.05, 4.69) is 38.0 Å². The Kier molecular flexibility index (Phi) is 13.2. The fraction of sp³-hybridized carbons (Fsp3) is 0.262. The van der Waals surface area contributed by atoms with Gasteiger partial charge in [0.15, 0.2) is 0 Å². The van der Waals surface area contributed by atoms with Gasteiger partial charge in [0, 0.05) is 91.5 Å². The lowest BCUT2D eigenvalue weighted by Crippen LogP contribution is -2.46. The zero-order valence-corrected chi connectivity index (χ0v) is 33.9. The Labute approximate surface area is 337 Å². The maximum Gasteiger partial charge on any atom is 0.293 e. The Morgan fingerprint density at radius 2 is 1.59 bits per heavy atom. The summed E-state index contributed by atoms with van der Waals surface area (Å²) < 4.78 is 28.7. The van der Waals surface area contributed by atoms with Crippen LogP contribution < -0.4 is 19.8 Å². The van der Waals surface area contributed by atoms with E-state index in [1.807, 2.05) is 80.5 Å². The molecule has 0 radical (unpaired) electrons. The molecular formula is C42H45ClN6O5S2. The van der Waals surface area contributed by atoms with Crippen molar-refractivity contribution in [2.45, 2.75) is 35.7 Å². The number of hydrogen-bond donors (Lipinski definition) is 2. The van der Waals surface area contributed by atoms with Crippen molar-refractivity contribution in [3.63, 3.8) is 0 Å². The summed E-state index contributed by atoms with van der Waals surface area (Å²) in [4.78, 5) is 31.9. The molecule has 0 spiro atoms. The SMILES string of the molecule is CC[C@H](CSc1ccc(N(C)C)cc1)Nc1ccc(S(=O)(=O)NC(=O)c2ccc(N3CCN(Cc4ccccc4-c4ccc(Cl)cc4)CC3)cc2)cc1[N+](=O)[O-]. The molecule has 0 aromatic heterocycles. The van der Waals surface area contributed by atoms with E-state index < -0.39 is 26.5 Å². The molecule has 5 aromatic carbocycles. The van der Waals surface area contributed by atoms with Crippen molar-refractivity contribution in [2.75, 3.05) is 61.1 Å². The molecule has 0 bridgehead atoms. The molecule has 1 atom stereocenters. The molecule has 56 heavy (non-hydrogen) atoms. The minimum Gasteiger partial charge on any atom is -0.378 e. The number of thioether (sulfide) groups is 1. The summed E-state index contributed by atoms with van der Waals surface area (Å²) >= 11 is 7.74. The number of piperazine rings is 1. The zero-order chi connectivity index (χ0) is 39.8. The molecule has 0 aliphatic carbocycles. The standard InChI is InChI=1S/C42H45ClN6O5S2/c1-4-34(29-55-37-19-17-35(18-20-37)46(2)3)44-40-22-21-38(27-41(40)49(51)52)56(53,54)45-42(50)31-11-15-36(16-12-31)48-25-23-47(24-26-48)28-32-7-5-6-8-39(32)30-9-13-33(43)14-10-30/h5-22,27,34,44H,4,23-26,28-29H2,1-3H3,(H,45,50)/t34-/m1/s1. The number of hydrogen-bond acceptors (Lipinski definition) is 10. The predicted octanol–water partition coefficient (Wildman–Crippen LogP) is 8.40. The normalized spacial score (nSPS) is 13.9. The van der Waals surface area contributed by atoms with Crippen molar-refractivity contribution in [3.8, 4) is 11.1 Å². The zero-order valence-electron chi connectivity index (χ0n) is 31.5. The smallest absolute Gasteiger partial charge is 0.293 e. The fourth-order valence-corrected chi connectivity index (χ4v) is 8.67. The highest BCUT2D eigenvalue weighted by atomic mass is 35.5. The molecule has 292 valence electrons. The van der Waals surface area contributed by atoms with Crippen LogP contribution in [0.1, 0.15) is 29.3 Å². The second kappa shape index (κ2) is 18.2. The summed E-state index contributed by atoms with van der Waals surface area (Å²) in [5.41, 5.74) is 5.53. The summed E-state index contributed by atoms with van der Waals surface area (Å²) in [5.74, 6) is -0.187. The molecular weight excluding hydrogens is 768 g/mol. The second-order valence-electron chi connectivity index (χ2n) is 13.8. The minimum absolute atomic E-state index is 0.121. The number of benzene rings is 5. The van der Waals surface area contributed by atoms with Gasteiger partial charge in [-0.2, -0.15) is 0 Å². The number of sulfonamides is 1. The van der Waals surface area contributed by atoms with E-state index in [1.165, 1.54) is 23.3 Å². The first kappa shape index (κ1) is 40.6. The van der Waals surface area contributed by atoms with Gasteiger partial charge in [0.1, 0.15) is 5.69 Å². The van der Waals surface area contributed by atoms with Crippen molar-refractivity contribution >= 4 is 62.0 Å². The Morgan fingerprint density at radius 3 is 2.23 bits per heavy atom. The lowest BCUT2D eigenvalue weighted by atomic mass is 9.99. The summed E-state index contributed by atoms with van der Waals surface area (Å²) in [5, 5.41) is 16.0. The molecule has 0 unspecified atom stereocenters. The van der Waals surface area contributed by atoms with Crippen molar-refractivity contribution in [1.29, 1.82) is 0 Å². The average Bonchev–Trinajstić information content (AvgIpc) is 3.20. The maximum atomic E-state index is 13.3. The number of carbonyl (C=O) groups is 1. The Balaban J connectivity index is 1.04. The molecule has 5 aromatic rings. The third kappa shape index (κ3) is 10.2. The quantitative estimate of drug-likeness (QED) is 0.0605. The Bertz CT molecular complexity index is 2250. The number of anilines is 3. The number of rotatable bonds is 15. The molecule has 1 aliphatic rings. The Morgan fingerprint density at radius 1 is 0.911 bits per heavy atom. The van der Waals surface area contributed by atoms with Gasteiger partial charge in [-0.1, -0.05) is 54.9 Å². The van der Waals surface area contributed by atoms with Gasteiger partial charge in [-0.15, -0.1) is 11.8 Å². The van der Waals surface area contributed by atoms with E-state index in [-0.39, 0.29) is 22.2 Å². The molecule has 2 N–H and O–H groups in total. The van der Waals surface area contributed by atoms with Gasteiger partial charge in [-0.25, -0.2) is 13.1 Å². The molecule has 14 heteroatoms. The molecule has 6 rings (SSSR count). The van der Waals surface area contributed by atoms with Crippen LogP contribution in [0.15, 0.2) is 125 Å². The van der Waals surface area contributed by atoms with Crippen LogP contribution in [0, 0.1) is 10.1 Å². The summed E-state index contributed by atoms with van der Waals surface area (Å²) in [7, 11) is -0.463. The van der Waals surface area contributed by atoms with Crippen LogP contribution in [0.25, 0.3) is 11.1 Å². The number of nitro groups is 1. The summed E-state index contributed by atoms with van der Waals surface area (Å²) in [6, 6.07) is 34.7. The highest BCUT2D eigenvalue weighted by molar-refractivity contribution is 7.99. The van der Waals surface area contributed by atoms with E-state index >= 15 is 0 Å². The summed E-state index contributed by atoms with van der Waals surface area (Å²) in [6.45, 7) is 6.06. The van der Waals surface area contributed by atoms with Crippen LogP contribution in [-0.2, 0) is 16.6 Å². The van der Waals surface area contributed by atoms with Crippen LogP contribution in [0.5, 0.6) is 0 Å². The first-order valence-corrected chi connectivity index (χ1v) is 21.2. The Hall–Kier alpha value is -5.08. The van der Waals surface area contributed by atoms with Gasteiger partial charge in [0.05, 0.1) is 9.82 Å². The molecule has 1 saturated heterocycles. The van der Waals surface area contributed by atoms with Crippen LogP contribution >= 0.6 is 23.4 Å². The monoisotopic (exact) mass is 812 g/mol. The highest BCUT2D eigenvalue weighted by Gasteiger charge is 2.25. The number of nitrogens with one attached hydrogen (secondary N) is 2. The van der Waals surface area contributed by atoms with Gasteiger partial charge in [0.2, 0.25) is 0 Å². The lowest BCUT2D eigenvalue weighted by molar-refractivity contribution is -0.384. The van der Waals surface area contributed by atoms with Crippen molar-refractivity contribution in [1.82, 2.24) is 9.62 Å². The molecule has 0 saturated carbocycles. The number of nitro benzene ring substituents is 1. The number of halogens is 1. The van der Waals surface area contributed by atoms with Gasteiger partial charge >= 0.3 is 0 Å².